The Morgan fingerprint density at radius 2 is 1.93 bits per heavy atom. The van der Waals surface area contributed by atoms with E-state index in [0.717, 1.165) is 11.4 Å². The van der Waals surface area contributed by atoms with E-state index in [1.165, 1.54) is 9.13 Å². The van der Waals surface area contributed by atoms with E-state index >= 15 is 0 Å². The highest BCUT2D eigenvalue weighted by atomic mass is 16.5. The highest BCUT2D eigenvalue weighted by Crippen LogP contribution is 2.21. The van der Waals surface area contributed by atoms with Gasteiger partial charge in [-0.3, -0.25) is 18.5 Å². The van der Waals surface area contributed by atoms with E-state index in [1.54, 1.807) is 11.7 Å². The summed E-state index contributed by atoms with van der Waals surface area (Å²) in [6.45, 7) is 10.7. The van der Waals surface area contributed by atoms with Gasteiger partial charge >= 0.3 is 5.69 Å². The van der Waals surface area contributed by atoms with E-state index < -0.39 is 5.69 Å². The van der Waals surface area contributed by atoms with E-state index in [4.69, 9.17) is 4.74 Å². The van der Waals surface area contributed by atoms with Crippen molar-refractivity contribution in [2.75, 3.05) is 13.2 Å². The number of aryl methyl sites for hydroxylation is 3. The fourth-order valence-electron chi connectivity index (χ4n) is 3.30. The van der Waals surface area contributed by atoms with Crippen LogP contribution in [-0.2, 0) is 18.3 Å². The highest BCUT2D eigenvalue weighted by molar-refractivity contribution is 5.73. The summed E-state index contributed by atoms with van der Waals surface area (Å²) in [7, 11) is 1.63. The number of hydrogen-bond acceptors (Lipinski definition) is 5. The zero-order valence-electron chi connectivity index (χ0n) is 16.7. The van der Waals surface area contributed by atoms with Crippen molar-refractivity contribution in [2.24, 2.45) is 7.05 Å². The zero-order valence-corrected chi connectivity index (χ0v) is 16.7. The predicted molar refractivity (Wildman–Crippen MR) is 103 cm³/mol. The molecule has 0 spiro atoms. The second kappa shape index (κ2) is 7.15. The fraction of sp³-hybridized carbons (Fsp3) is 0.556. The Kier molecular flexibility index (Phi) is 5.05. The maximum Gasteiger partial charge on any atom is 0.332 e. The lowest BCUT2D eigenvalue weighted by Gasteiger charge is -2.14. The number of fused-ring (bicyclic) bond motifs is 1. The molecule has 146 valence electrons. The van der Waals surface area contributed by atoms with Gasteiger partial charge in [-0.1, -0.05) is 0 Å². The molecule has 3 heterocycles. The van der Waals surface area contributed by atoms with Gasteiger partial charge in [0.25, 0.3) is 5.56 Å². The standard InChI is InChI=1S/C18H26N6O3/c1-7-27-9-8-22-16(25)14-15(21(6)18(22)26)19-17(23(14)11(2)3)24-13(5)10-12(4)20-24/h10-11H,7-9H2,1-6H3. The first kappa shape index (κ1) is 19.1. The average molecular weight is 374 g/mol. The largest absolute Gasteiger partial charge is 0.380 e. The lowest BCUT2D eigenvalue weighted by Crippen LogP contribution is -2.40. The van der Waals surface area contributed by atoms with Crippen LogP contribution in [0.5, 0.6) is 0 Å². The molecule has 0 fully saturated rings. The van der Waals surface area contributed by atoms with E-state index in [2.05, 4.69) is 10.1 Å². The molecule has 3 rings (SSSR count). The molecular formula is C18H26N6O3. The summed E-state index contributed by atoms with van der Waals surface area (Å²) in [6, 6.07) is 1.91. The molecule has 0 aliphatic rings. The zero-order chi connectivity index (χ0) is 19.9. The summed E-state index contributed by atoms with van der Waals surface area (Å²) in [5.41, 5.74) is 1.76. The summed E-state index contributed by atoms with van der Waals surface area (Å²) in [4.78, 5) is 30.5. The van der Waals surface area contributed by atoms with E-state index in [-0.39, 0.29) is 18.1 Å². The summed E-state index contributed by atoms with van der Waals surface area (Å²) in [5.74, 6) is 0.528. The smallest absolute Gasteiger partial charge is 0.332 e. The average Bonchev–Trinajstić information content (AvgIpc) is 3.16. The number of hydrogen-bond donors (Lipinski definition) is 0. The minimum atomic E-state index is -0.402. The Labute approximate surface area is 156 Å². The molecule has 0 saturated carbocycles. The van der Waals surface area contributed by atoms with Crippen LogP contribution in [0.3, 0.4) is 0 Å². The van der Waals surface area contributed by atoms with Gasteiger partial charge in [-0.05, 0) is 40.7 Å². The van der Waals surface area contributed by atoms with Gasteiger partial charge in [-0.2, -0.15) is 10.1 Å². The first-order chi connectivity index (χ1) is 12.8. The van der Waals surface area contributed by atoms with Crippen LogP contribution < -0.4 is 11.2 Å². The SMILES string of the molecule is CCOCCn1c(=O)c2c(nc(-n3nc(C)cc3C)n2C(C)C)n(C)c1=O. The summed E-state index contributed by atoms with van der Waals surface area (Å²) >= 11 is 0. The Morgan fingerprint density at radius 3 is 2.48 bits per heavy atom. The summed E-state index contributed by atoms with van der Waals surface area (Å²) in [5, 5.41) is 4.50. The van der Waals surface area contributed by atoms with Crippen LogP contribution in [0.4, 0.5) is 0 Å². The predicted octanol–water partition coefficient (Wildman–Crippen LogP) is 1.32. The lowest BCUT2D eigenvalue weighted by atomic mass is 10.3. The molecule has 0 N–H and O–H groups in total. The molecule has 0 amide bonds. The van der Waals surface area contributed by atoms with Crippen LogP contribution in [0.15, 0.2) is 15.7 Å². The van der Waals surface area contributed by atoms with Crippen molar-refractivity contribution in [2.45, 2.75) is 47.2 Å². The molecule has 0 radical (unpaired) electrons. The molecule has 0 aliphatic carbocycles. The Morgan fingerprint density at radius 1 is 1.22 bits per heavy atom. The summed E-state index contributed by atoms with van der Waals surface area (Å²) in [6.07, 6.45) is 0. The third kappa shape index (κ3) is 3.12. The van der Waals surface area contributed by atoms with Crippen LogP contribution in [-0.4, -0.2) is 41.7 Å². The molecule has 0 saturated heterocycles. The van der Waals surface area contributed by atoms with Crippen molar-refractivity contribution in [1.29, 1.82) is 0 Å². The number of nitrogens with zero attached hydrogens (tertiary/aromatic N) is 6. The van der Waals surface area contributed by atoms with Gasteiger partial charge in [0, 0.05) is 25.4 Å². The van der Waals surface area contributed by atoms with Gasteiger partial charge in [0.15, 0.2) is 11.2 Å². The van der Waals surface area contributed by atoms with Crippen molar-refractivity contribution >= 4 is 11.2 Å². The second-order valence-electron chi connectivity index (χ2n) is 6.88. The van der Waals surface area contributed by atoms with Crippen molar-refractivity contribution in [3.63, 3.8) is 0 Å². The monoisotopic (exact) mass is 374 g/mol. The minimum absolute atomic E-state index is 0.0422. The first-order valence-corrected chi connectivity index (χ1v) is 9.11. The molecule has 9 heteroatoms. The van der Waals surface area contributed by atoms with Gasteiger partial charge in [-0.25, -0.2) is 9.48 Å². The first-order valence-electron chi connectivity index (χ1n) is 9.11. The van der Waals surface area contributed by atoms with Gasteiger partial charge < -0.3 is 4.74 Å². The molecule has 0 bridgehead atoms. The Hall–Kier alpha value is -2.68. The number of imidazole rings is 1. The van der Waals surface area contributed by atoms with Gasteiger partial charge in [-0.15, -0.1) is 0 Å². The van der Waals surface area contributed by atoms with Crippen LogP contribution in [0, 0.1) is 13.8 Å². The molecule has 27 heavy (non-hydrogen) atoms. The number of aromatic nitrogens is 6. The topological polar surface area (TPSA) is 88.9 Å². The highest BCUT2D eigenvalue weighted by Gasteiger charge is 2.23. The second-order valence-corrected chi connectivity index (χ2v) is 6.88. The molecule has 0 aliphatic heterocycles. The molecule has 0 atom stereocenters. The maximum atomic E-state index is 13.2. The van der Waals surface area contributed by atoms with E-state index in [1.807, 2.05) is 45.3 Å². The third-order valence-corrected chi connectivity index (χ3v) is 4.54. The number of rotatable bonds is 6. The fourth-order valence-corrected chi connectivity index (χ4v) is 3.30. The van der Waals surface area contributed by atoms with Crippen LogP contribution in [0.1, 0.15) is 38.2 Å². The van der Waals surface area contributed by atoms with E-state index in [0.29, 0.717) is 30.3 Å². The molecule has 0 aromatic carbocycles. The van der Waals surface area contributed by atoms with Crippen molar-refractivity contribution < 1.29 is 4.74 Å². The molecular weight excluding hydrogens is 348 g/mol. The minimum Gasteiger partial charge on any atom is -0.380 e. The normalized spacial score (nSPS) is 11.8. The van der Waals surface area contributed by atoms with Gasteiger partial charge in [0.2, 0.25) is 5.95 Å². The van der Waals surface area contributed by atoms with Crippen LogP contribution in [0.25, 0.3) is 17.1 Å². The third-order valence-electron chi connectivity index (χ3n) is 4.54. The molecule has 0 unspecified atom stereocenters. The van der Waals surface area contributed by atoms with Gasteiger partial charge in [0.1, 0.15) is 0 Å². The van der Waals surface area contributed by atoms with Gasteiger partial charge in [0.05, 0.1) is 18.8 Å². The van der Waals surface area contributed by atoms with E-state index in [9.17, 15) is 9.59 Å². The molecule has 9 nitrogen and oxygen atoms in total. The maximum absolute atomic E-state index is 13.2. The van der Waals surface area contributed by atoms with Crippen molar-refractivity contribution in [1.82, 2.24) is 28.5 Å². The van der Waals surface area contributed by atoms with Crippen LogP contribution in [0.2, 0.25) is 0 Å². The molecule has 3 aromatic rings. The summed E-state index contributed by atoms with van der Waals surface area (Å²) < 4.78 is 11.5. The quantitative estimate of drug-likeness (QED) is 0.607. The Bertz CT molecular complexity index is 1100. The molecule has 3 aromatic heterocycles. The lowest BCUT2D eigenvalue weighted by molar-refractivity contribution is 0.137. The number of ether oxygens (including phenoxy) is 1. The Balaban J connectivity index is 2.35. The van der Waals surface area contributed by atoms with Crippen LogP contribution >= 0.6 is 0 Å². The van der Waals surface area contributed by atoms with Crippen molar-refractivity contribution in [3.8, 4) is 5.95 Å². The van der Waals surface area contributed by atoms with Crippen molar-refractivity contribution in [3.05, 3.63) is 38.3 Å².